The van der Waals surface area contributed by atoms with Crippen molar-refractivity contribution in [2.24, 2.45) is 5.10 Å². The molecule has 0 atom stereocenters. The Hall–Kier alpha value is -1.39. The highest BCUT2D eigenvalue weighted by molar-refractivity contribution is 7.14. The molecule has 0 aliphatic rings. The summed E-state index contributed by atoms with van der Waals surface area (Å²) in [4.78, 5) is 4.50. The van der Waals surface area contributed by atoms with Gasteiger partial charge in [0.1, 0.15) is 0 Å². The van der Waals surface area contributed by atoms with Gasteiger partial charge in [-0.15, -0.1) is 11.3 Å². The van der Waals surface area contributed by atoms with E-state index in [4.69, 9.17) is 11.6 Å². The Morgan fingerprint density at radius 1 is 1.37 bits per heavy atom. The largest absolute Gasteiger partial charge is 0.253 e. The van der Waals surface area contributed by atoms with Gasteiger partial charge in [0.25, 0.3) is 0 Å². The first-order valence-corrected chi connectivity index (χ1v) is 7.45. The summed E-state index contributed by atoms with van der Waals surface area (Å²) in [6, 6.07) is 7.67. The Morgan fingerprint density at radius 3 is 2.79 bits per heavy atom. The van der Waals surface area contributed by atoms with E-state index < -0.39 is 0 Å². The maximum atomic E-state index is 5.87. The average molecular weight is 294 g/mol. The third-order valence-corrected chi connectivity index (χ3v) is 3.60. The second-order valence-electron chi connectivity index (χ2n) is 4.25. The molecule has 0 amide bonds. The minimum Gasteiger partial charge on any atom is -0.253 e. The van der Waals surface area contributed by atoms with Crippen LogP contribution in [0.1, 0.15) is 26.7 Å². The number of nitrogens with zero attached hydrogens (tertiary/aromatic N) is 2. The number of aromatic nitrogens is 1. The van der Waals surface area contributed by atoms with Crippen LogP contribution in [-0.4, -0.2) is 10.7 Å². The van der Waals surface area contributed by atoms with Gasteiger partial charge >= 0.3 is 0 Å². The standard InChI is InChI=1S/C14H16ClN3S/c1-3-4-10(2)17-18-14-16-13(9-19-14)11-5-7-12(15)8-6-11/h5-9H,3-4H2,1-2H3,(H,16,18)/b17-10+. The summed E-state index contributed by atoms with van der Waals surface area (Å²) in [7, 11) is 0. The summed E-state index contributed by atoms with van der Waals surface area (Å²) < 4.78 is 0. The van der Waals surface area contributed by atoms with E-state index in [1.54, 1.807) is 11.3 Å². The van der Waals surface area contributed by atoms with E-state index >= 15 is 0 Å². The number of rotatable bonds is 5. The van der Waals surface area contributed by atoms with Crippen molar-refractivity contribution in [1.29, 1.82) is 0 Å². The van der Waals surface area contributed by atoms with Crippen LogP contribution in [0.15, 0.2) is 34.7 Å². The minimum absolute atomic E-state index is 0.733. The summed E-state index contributed by atoms with van der Waals surface area (Å²) in [6.07, 6.45) is 2.10. The molecule has 19 heavy (non-hydrogen) atoms. The first-order chi connectivity index (χ1) is 9.19. The van der Waals surface area contributed by atoms with Crippen molar-refractivity contribution in [2.45, 2.75) is 26.7 Å². The van der Waals surface area contributed by atoms with Gasteiger partial charge < -0.3 is 0 Å². The molecule has 0 saturated heterocycles. The second-order valence-corrected chi connectivity index (χ2v) is 5.55. The number of halogens is 1. The van der Waals surface area contributed by atoms with Gasteiger partial charge in [0.15, 0.2) is 0 Å². The van der Waals surface area contributed by atoms with E-state index in [-0.39, 0.29) is 0 Å². The number of hydrazone groups is 1. The summed E-state index contributed by atoms with van der Waals surface area (Å²) in [5.41, 5.74) is 6.08. The predicted molar refractivity (Wildman–Crippen MR) is 84.2 cm³/mol. The molecule has 0 aliphatic carbocycles. The molecule has 0 radical (unpaired) electrons. The molecule has 100 valence electrons. The number of anilines is 1. The lowest BCUT2D eigenvalue weighted by atomic mass is 10.2. The molecule has 2 aromatic rings. The number of nitrogens with one attached hydrogen (secondary N) is 1. The Balaban J connectivity index is 2.07. The van der Waals surface area contributed by atoms with Gasteiger partial charge in [-0.2, -0.15) is 5.10 Å². The number of hydrogen-bond donors (Lipinski definition) is 1. The molecule has 1 heterocycles. The highest BCUT2D eigenvalue weighted by Gasteiger charge is 2.03. The molecule has 0 fully saturated rings. The van der Waals surface area contributed by atoms with Gasteiger partial charge in [-0.1, -0.05) is 37.1 Å². The van der Waals surface area contributed by atoms with Gasteiger partial charge in [-0.05, 0) is 25.5 Å². The van der Waals surface area contributed by atoms with Gasteiger partial charge in [0.2, 0.25) is 5.13 Å². The number of benzene rings is 1. The minimum atomic E-state index is 0.733. The van der Waals surface area contributed by atoms with Crippen LogP contribution in [0.4, 0.5) is 5.13 Å². The molecular weight excluding hydrogens is 278 g/mol. The summed E-state index contributed by atoms with van der Waals surface area (Å²) in [5, 5.41) is 7.85. The van der Waals surface area contributed by atoms with Gasteiger partial charge in [0, 0.05) is 21.7 Å². The third-order valence-electron chi connectivity index (χ3n) is 2.60. The van der Waals surface area contributed by atoms with Crippen LogP contribution >= 0.6 is 22.9 Å². The van der Waals surface area contributed by atoms with Gasteiger partial charge in [0.05, 0.1) is 5.69 Å². The first kappa shape index (κ1) is 14.0. The second kappa shape index (κ2) is 6.68. The SMILES string of the molecule is CCC/C(C)=N/Nc1nc(-c2ccc(Cl)cc2)cs1. The average Bonchev–Trinajstić information content (AvgIpc) is 2.86. The van der Waals surface area contributed by atoms with E-state index in [1.165, 1.54) is 0 Å². The molecular formula is C14H16ClN3S. The Bertz CT molecular complexity index is 560. The van der Waals surface area contributed by atoms with Gasteiger partial charge in [-0.3, -0.25) is 5.43 Å². The van der Waals surface area contributed by atoms with E-state index in [2.05, 4.69) is 22.4 Å². The van der Waals surface area contributed by atoms with Crippen LogP contribution in [0.3, 0.4) is 0 Å². The van der Waals surface area contributed by atoms with E-state index in [0.717, 1.165) is 40.0 Å². The fourth-order valence-corrected chi connectivity index (χ4v) is 2.43. The molecule has 0 aliphatic heterocycles. The maximum Gasteiger partial charge on any atom is 0.203 e. The highest BCUT2D eigenvalue weighted by Crippen LogP contribution is 2.25. The van der Waals surface area contributed by atoms with E-state index in [1.807, 2.05) is 36.6 Å². The maximum absolute atomic E-state index is 5.87. The first-order valence-electron chi connectivity index (χ1n) is 6.19. The highest BCUT2D eigenvalue weighted by atomic mass is 35.5. The summed E-state index contributed by atoms with van der Waals surface area (Å²) in [5.74, 6) is 0. The fourth-order valence-electron chi connectivity index (χ4n) is 1.64. The Morgan fingerprint density at radius 2 is 2.11 bits per heavy atom. The number of hydrogen-bond acceptors (Lipinski definition) is 4. The molecule has 2 rings (SSSR count). The van der Waals surface area contributed by atoms with Crippen LogP contribution in [-0.2, 0) is 0 Å². The van der Waals surface area contributed by atoms with Crippen molar-refractivity contribution >= 4 is 33.8 Å². The normalized spacial score (nSPS) is 11.6. The molecule has 0 unspecified atom stereocenters. The zero-order valence-corrected chi connectivity index (χ0v) is 12.6. The zero-order valence-electron chi connectivity index (χ0n) is 11.0. The third kappa shape index (κ3) is 4.04. The molecule has 5 heteroatoms. The monoisotopic (exact) mass is 293 g/mol. The lowest BCUT2D eigenvalue weighted by molar-refractivity contribution is 0.983. The fraction of sp³-hybridized carbons (Fsp3) is 0.286. The molecule has 0 saturated carbocycles. The van der Waals surface area contributed by atoms with Crippen LogP contribution in [0, 0.1) is 0 Å². The van der Waals surface area contributed by atoms with E-state index in [9.17, 15) is 0 Å². The van der Waals surface area contributed by atoms with Crippen LogP contribution in [0.2, 0.25) is 5.02 Å². The quantitative estimate of drug-likeness (QED) is 0.618. The zero-order chi connectivity index (χ0) is 13.7. The van der Waals surface area contributed by atoms with Crippen molar-refractivity contribution in [3.05, 3.63) is 34.7 Å². The lowest BCUT2D eigenvalue weighted by Crippen LogP contribution is -1.96. The van der Waals surface area contributed by atoms with Crippen molar-refractivity contribution in [3.63, 3.8) is 0 Å². The Labute approximate surface area is 122 Å². The Kier molecular flexibility index (Phi) is 4.93. The molecule has 1 aromatic carbocycles. The number of thiazole rings is 1. The molecule has 0 spiro atoms. The predicted octanol–water partition coefficient (Wildman–Crippen LogP) is 5.05. The molecule has 1 aromatic heterocycles. The molecule has 0 bridgehead atoms. The van der Waals surface area contributed by atoms with Crippen molar-refractivity contribution in [1.82, 2.24) is 4.98 Å². The smallest absolute Gasteiger partial charge is 0.203 e. The molecule has 3 nitrogen and oxygen atoms in total. The van der Waals surface area contributed by atoms with Crippen molar-refractivity contribution in [2.75, 3.05) is 5.43 Å². The van der Waals surface area contributed by atoms with E-state index in [0.29, 0.717) is 0 Å². The van der Waals surface area contributed by atoms with Crippen LogP contribution in [0.25, 0.3) is 11.3 Å². The summed E-state index contributed by atoms with van der Waals surface area (Å²) >= 11 is 7.42. The van der Waals surface area contributed by atoms with Crippen LogP contribution in [0.5, 0.6) is 0 Å². The van der Waals surface area contributed by atoms with Gasteiger partial charge in [-0.25, -0.2) is 4.98 Å². The van der Waals surface area contributed by atoms with Crippen molar-refractivity contribution < 1.29 is 0 Å². The van der Waals surface area contributed by atoms with Crippen molar-refractivity contribution in [3.8, 4) is 11.3 Å². The molecule has 1 N–H and O–H groups in total. The van der Waals surface area contributed by atoms with Crippen LogP contribution < -0.4 is 5.43 Å². The summed E-state index contributed by atoms with van der Waals surface area (Å²) in [6.45, 7) is 4.16. The lowest BCUT2D eigenvalue weighted by Gasteiger charge is -1.98. The topological polar surface area (TPSA) is 37.3 Å².